The van der Waals surface area contributed by atoms with Gasteiger partial charge >= 0.3 is 0 Å². The Kier molecular flexibility index (Phi) is 3.70. The molecule has 0 atom stereocenters. The fourth-order valence-electron chi connectivity index (χ4n) is 4.85. The molecule has 6 aromatic rings. The number of aryl methyl sites for hydroxylation is 4. The highest BCUT2D eigenvalue weighted by atomic mass is 16.3. The largest absolute Gasteiger partial charge is 0.454 e. The van der Waals surface area contributed by atoms with Gasteiger partial charge in [-0.15, -0.1) is 0 Å². The lowest BCUT2D eigenvalue weighted by Crippen LogP contribution is -2.31. The van der Waals surface area contributed by atoms with Gasteiger partial charge in [-0.3, -0.25) is 0 Å². The van der Waals surface area contributed by atoms with E-state index >= 15 is 0 Å². The van der Waals surface area contributed by atoms with Gasteiger partial charge in [-0.05, 0) is 48.8 Å². The van der Waals surface area contributed by atoms with Gasteiger partial charge in [0.2, 0.25) is 5.69 Å². The van der Waals surface area contributed by atoms with Crippen LogP contribution in [0, 0.1) is 20.7 Å². The molecule has 0 spiro atoms. The van der Waals surface area contributed by atoms with Crippen molar-refractivity contribution in [2.75, 3.05) is 0 Å². The average Bonchev–Trinajstić information content (AvgIpc) is 3.23. The van der Waals surface area contributed by atoms with Crippen molar-refractivity contribution >= 4 is 32.7 Å². The first-order valence-electron chi connectivity index (χ1n) is 12.7. The summed E-state index contributed by atoms with van der Waals surface area (Å²) in [7, 11) is 1.90. The Labute approximate surface area is 197 Å². The van der Waals surface area contributed by atoms with E-state index in [2.05, 4.69) is 43.3 Å². The molecule has 160 valence electrons. The lowest BCUT2D eigenvalue weighted by Gasteiger charge is -2.10. The zero-order valence-corrected chi connectivity index (χ0v) is 18.9. The normalized spacial score (nSPS) is 13.4. The van der Waals surface area contributed by atoms with Crippen LogP contribution < -0.4 is 4.57 Å². The van der Waals surface area contributed by atoms with Crippen LogP contribution >= 0.6 is 0 Å². The van der Waals surface area contributed by atoms with Crippen LogP contribution in [0.2, 0.25) is 0 Å². The third-order valence-corrected chi connectivity index (χ3v) is 6.63. The topological polar surface area (TPSA) is 17.0 Å². The van der Waals surface area contributed by atoms with Crippen LogP contribution in [0.15, 0.2) is 89.5 Å². The van der Waals surface area contributed by atoms with E-state index in [1.807, 2.05) is 61.0 Å². The Morgan fingerprint density at radius 2 is 1.52 bits per heavy atom. The number of pyridine rings is 1. The highest BCUT2D eigenvalue weighted by molar-refractivity contribution is 6.17. The number of furan rings is 1. The van der Waals surface area contributed by atoms with Crippen LogP contribution in [0.3, 0.4) is 0 Å². The summed E-state index contributed by atoms with van der Waals surface area (Å²) >= 11 is 0. The number of nitrogens with zero attached hydrogens (tertiary/aromatic N) is 1. The van der Waals surface area contributed by atoms with Crippen molar-refractivity contribution in [1.82, 2.24) is 0 Å². The number of aromatic nitrogens is 1. The minimum Gasteiger partial charge on any atom is -0.454 e. The van der Waals surface area contributed by atoms with Crippen LogP contribution in [0.5, 0.6) is 0 Å². The summed E-state index contributed by atoms with van der Waals surface area (Å²) in [6, 6.07) is 26.7. The summed E-state index contributed by atoms with van der Waals surface area (Å²) in [6.07, 6.45) is 1.74. The van der Waals surface area contributed by atoms with E-state index in [0.717, 1.165) is 60.7 Å². The predicted molar refractivity (Wildman–Crippen MR) is 137 cm³/mol. The molecule has 0 aliphatic heterocycles. The Morgan fingerprint density at radius 1 is 0.758 bits per heavy atom. The minimum atomic E-state index is -2.24. The van der Waals surface area contributed by atoms with Gasteiger partial charge in [-0.2, -0.15) is 0 Å². The van der Waals surface area contributed by atoms with Crippen molar-refractivity contribution < 1.29 is 13.1 Å². The van der Waals surface area contributed by atoms with Crippen molar-refractivity contribution in [3.8, 4) is 22.4 Å². The Hall–Kier alpha value is -3.91. The van der Waals surface area contributed by atoms with Crippen LogP contribution in [-0.4, -0.2) is 0 Å². The second kappa shape index (κ2) is 7.31. The maximum atomic E-state index is 8.20. The van der Waals surface area contributed by atoms with E-state index < -0.39 is 6.85 Å². The number of rotatable bonds is 2. The van der Waals surface area contributed by atoms with Crippen LogP contribution in [0.25, 0.3) is 55.1 Å². The fourth-order valence-corrected chi connectivity index (χ4v) is 4.85. The molecular formula is C31H26NO+. The van der Waals surface area contributed by atoms with Crippen molar-refractivity contribution in [2.45, 2.75) is 20.7 Å². The Bertz CT molecular complexity index is 1790. The maximum absolute atomic E-state index is 8.20. The molecule has 2 heterocycles. The first-order chi connectivity index (χ1) is 17.2. The van der Waals surface area contributed by atoms with Gasteiger partial charge in [-0.1, -0.05) is 72.3 Å². The number of benzene rings is 4. The molecule has 0 amide bonds. The van der Waals surface area contributed by atoms with Gasteiger partial charge in [-0.25, -0.2) is 4.57 Å². The van der Waals surface area contributed by atoms with Crippen molar-refractivity contribution in [3.05, 3.63) is 102 Å². The summed E-state index contributed by atoms with van der Waals surface area (Å²) in [5.74, 6) is 0. The van der Waals surface area contributed by atoms with Gasteiger partial charge in [0.05, 0.1) is 5.56 Å². The van der Waals surface area contributed by atoms with Crippen molar-refractivity contribution in [2.24, 2.45) is 7.05 Å². The molecule has 0 aliphatic carbocycles. The summed E-state index contributed by atoms with van der Waals surface area (Å²) in [6.45, 7) is 1.86. The van der Waals surface area contributed by atoms with Gasteiger partial charge in [0.25, 0.3) is 0 Å². The van der Waals surface area contributed by atoms with E-state index in [1.54, 1.807) is 6.20 Å². The molecule has 33 heavy (non-hydrogen) atoms. The molecule has 0 fully saturated rings. The van der Waals surface area contributed by atoms with Gasteiger partial charge in [0, 0.05) is 31.9 Å². The highest BCUT2D eigenvalue weighted by Crippen LogP contribution is 2.40. The van der Waals surface area contributed by atoms with E-state index in [1.165, 1.54) is 0 Å². The highest BCUT2D eigenvalue weighted by Gasteiger charge is 2.23. The van der Waals surface area contributed by atoms with Gasteiger partial charge < -0.3 is 4.42 Å². The number of hydrogen-bond acceptors (Lipinski definition) is 1. The monoisotopic (exact) mass is 431 g/mol. The molecule has 0 radical (unpaired) electrons. The molecule has 2 nitrogen and oxygen atoms in total. The van der Waals surface area contributed by atoms with E-state index in [9.17, 15) is 0 Å². The van der Waals surface area contributed by atoms with E-state index in [-0.39, 0.29) is 0 Å². The molecule has 2 aromatic heterocycles. The molecule has 0 bridgehead atoms. The molecule has 6 rings (SSSR count). The third-order valence-electron chi connectivity index (χ3n) is 6.63. The fraction of sp³-hybridized carbons (Fsp3) is 0.129. The molecule has 0 aliphatic rings. The van der Waals surface area contributed by atoms with Crippen LogP contribution in [0.1, 0.15) is 20.8 Å². The summed E-state index contributed by atoms with van der Waals surface area (Å²) in [4.78, 5) is 0. The van der Waals surface area contributed by atoms with Crippen molar-refractivity contribution in [3.63, 3.8) is 0 Å². The summed E-state index contributed by atoms with van der Waals surface area (Å²) < 4.78 is 33.1. The van der Waals surface area contributed by atoms with Crippen molar-refractivity contribution in [1.29, 1.82) is 0 Å². The van der Waals surface area contributed by atoms with E-state index in [0.29, 0.717) is 11.1 Å². The lowest BCUT2D eigenvalue weighted by molar-refractivity contribution is -0.660. The Balaban J connectivity index is 1.69. The Morgan fingerprint density at radius 3 is 2.33 bits per heavy atom. The van der Waals surface area contributed by atoms with Crippen LogP contribution in [-0.2, 0) is 7.05 Å². The third kappa shape index (κ3) is 3.06. The molecule has 0 saturated heterocycles. The molecule has 0 saturated carbocycles. The quantitative estimate of drug-likeness (QED) is 0.255. The molecule has 0 unspecified atom stereocenters. The molecular weight excluding hydrogens is 402 g/mol. The van der Waals surface area contributed by atoms with E-state index in [4.69, 9.17) is 8.53 Å². The zero-order chi connectivity index (χ0) is 25.2. The predicted octanol–water partition coefficient (Wildman–Crippen LogP) is 7.82. The first-order valence-corrected chi connectivity index (χ1v) is 11.2. The van der Waals surface area contributed by atoms with Gasteiger partial charge in [0.15, 0.2) is 6.20 Å². The van der Waals surface area contributed by atoms with Crippen LogP contribution in [0.4, 0.5) is 0 Å². The second-order valence-corrected chi connectivity index (χ2v) is 8.86. The summed E-state index contributed by atoms with van der Waals surface area (Å²) in [5, 5.41) is 4.34. The number of hydrogen-bond donors (Lipinski definition) is 0. The minimum absolute atomic E-state index is 0.332. The summed E-state index contributed by atoms with van der Waals surface area (Å²) in [5.41, 5.74) is 7.69. The molecule has 0 N–H and O–H groups in total. The average molecular weight is 432 g/mol. The lowest BCUT2D eigenvalue weighted by atomic mass is 9.95. The van der Waals surface area contributed by atoms with Gasteiger partial charge in [0.1, 0.15) is 18.2 Å². The number of fused-ring (bicyclic) bond motifs is 5. The molecule has 4 aromatic carbocycles. The standard InChI is InChI=1S/C31H26NO/c1-19-9-12-23(13-10-19)27-17-28(32(4)18-21(27)3)29-20(2)11-15-26-25-16-14-22-7-5-6-8-24(22)30(25)33-31(26)29/h5-18H,1-4H3/q+1/i3D3. The first kappa shape index (κ1) is 16.7. The SMILES string of the molecule is [2H]C([2H])([2H])c1c[n+](C)c(-c2c(C)ccc3c2oc2c4ccccc4ccc32)cc1-c1ccc(C)cc1. The zero-order valence-electron chi connectivity index (χ0n) is 21.9. The molecule has 2 heteroatoms. The smallest absolute Gasteiger partial charge is 0.216 e. The second-order valence-electron chi connectivity index (χ2n) is 8.86. The maximum Gasteiger partial charge on any atom is 0.216 e.